The van der Waals surface area contributed by atoms with Crippen LogP contribution in [0.15, 0.2) is 30.3 Å². The summed E-state index contributed by atoms with van der Waals surface area (Å²) in [4.78, 5) is 12.2. The first-order chi connectivity index (χ1) is 11.1. The van der Waals surface area contributed by atoms with Gasteiger partial charge in [-0.25, -0.2) is 0 Å². The predicted octanol–water partition coefficient (Wildman–Crippen LogP) is 4.01. The Bertz CT molecular complexity index is 693. The van der Waals surface area contributed by atoms with Crippen LogP contribution in [0.1, 0.15) is 28.0 Å². The summed E-state index contributed by atoms with van der Waals surface area (Å²) in [5, 5.41) is 7.32. The average Bonchev–Trinajstić information content (AvgIpc) is 2.86. The van der Waals surface area contributed by atoms with Gasteiger partial charge in [0.25, 0.3) is 0 Å². The lowest BCUT2D eigenvalue weighted by atomic mass is 10.2. The number of rotatable bonds is 4. The Morgan fingerprint density at radius 1 is 1.30 bits per heavy atom. The van der Waals surface area contributed by atoms with Gasteiger partial charge >= 0.3 is 0 Å². The fourth-order valence-electron chi connectivity index (χ4n) is 2.61. The van der Waals surface area contributed by atoms with Gasteiger partial charge in [-0.15, -0.1) is 23.5 Å². The van der Waals surface area contributed by atoms with Gasteiger partial charge in [-0.3, -0.25) is 9.48 Å². The van der Waals surface area contributed by atoms with E-state index in [1.165, 1.54) is 23.5 Å². The van der Waals surface area contributed by atoms with Gasteiger partial charge in [0.1, 0.15) is 6.54 Å². The van der Waals surface area contributed by atoms with Gasteiger partial charge in [0.2, 0.25) is 5.91 Å². The number of hydrogen-bond acceptors (Lipinski definition) is 4. The van der Waals surface area contributed by atoms with Gasteiger partial charge in [0, 0.05) is 11.4 Å². The molecule has 1 aliphatic heterocycles. The van der Waals surface area contributed by atoms with Crippen molar-refractivity contribution in [2.75, 3.05) is 16.8 Å². The fourth-order valence-corrected chi connectivity index (χ4v) is 5.49. The molecular formula is C17H21N3OS2. The molecule has 0 atom stereocenters. The molecule has 1 aliphatic rings. The Kier molecular flexibility index (Phi) is 5.33. The summed E-state index contributed by atoms with van der Waals surface area (Å²) < 4.78 is 2.22. The molecule has 1 N–H and O–H groups in total. The van der Waals surface area contributed by atoms with Crippen molar-refractivity contribution >= 4 is 35.1 Å². The highest BCUT2D eigenvalue weighted by atomic mass is 32.2. The number of nitrogens with zero attached hydrogens (tertiary/aromatic N) is 2. The molecule has 1 fully saturated rings. The number of benzene rings is 1. The van der Waals surface area contributed by atoms with Crippen molar-refractivity contribution in [2.45, 2.75) is 31.4 Å². The quantitative estimate of drug-likeness (QED) is 0.908. The molecule has 0 unspecified atom stereocenters. The Labute approximate surface area is 145 Å². The summed E-state index contributed by atoms with van der Waals surface area (Å²) in [6, 6.07) is 10.2. The van der Waals surface area contributed by atoms with Crippen LogP contribution in [0.5, 0.6) is 0 Å². The average molecular weight is 348 g/mol. The number of thioether (sulfide) groups is 2. The molecule has 6 heteroatoms. The Balaban J connectivity index is 1.65. The first-order valence-corrected chi connectivity index (χ1v) is 9.85. The molecule has 2 aromatic rings. The Hall–Kier alpha value is -1.40. The number of hydrogen-bond donors (Lipinski definition) is 1. The van der Waals surface area contributed by atoms with Crippen molar-refractivity contribution in [1.82, 2.24) is 9.78 Å². The van der Waals surface area contributed by atoms with Crippen LogP contribution in [-0.4, -0.2) is 27.2 Å². The van der Waals surface area contributed by atoms with Crippen molar-refractivity contribution in [1.29, 1.82) is 0 Å². The summed E-state index contributed by atoms with van der Waals surface area (Å²) >= 11 is 3.97. The molecule has 0 aliphatic carbocycles. The zero-order chi connectivity index (χ0) is 16.2. The second kappa shape index (κ2) is 7.45. The van der Waals surface area contributed by atoms with E-state index in [1.807, 2.05) is 55.6 Å². The van der Waals surface area contributed by atoms with Crippen LogP contribution in [0.3, 0.4) is 0 Å². The lowest BCUT2D eigenvalue weighted by molar-refractivity contribution is -0.116. The summed E-state index contributed by atoms with van der Waals surface area (Å²) in [6.45, 7) is 4.15. The molecule has 1 saturated heterocycles. The molecule has 122 valence electrons. The minimum absolute atomic E-state index is 0.0442. The van der Waals surface area contributed by atoms with Crippen LogP contribution in [0, 0.1) is 13.8 Å². The monoisotopic (exact) mass is 347 g/mol. The van der Waals surface area contributed by atoms with E-state index in [1.54, 1.807) is 4.68 Å². The number of anilines is 1. The minimum Gasteiger partial charge on any atom is -0.324 e. The van der Waals surface area contributed by atoms with E-state index >= 15 is 0 Å². The van der Waals surface area contributed by atoms with E-state index in [4.69, 9.17) is 0 Å². The number of carbonyl (C=O) groups is 1. The fraction of sp³-hybridized carbons (Fsp3) is 0.412. The molecule has 0 radical (unpaired) electrons. The van der Waals surface area contributed by atoms with E-state index in [2.05, 4.69) is 22.5 Å². The number of amides is 1. The number of aryl methyl sites for hydroxylation is 2. The Morgan fingerprint density at radius 2 is 2.09 bits per heavy atom. The van der Waals surface area contributed by atoms with Crippen molar-refractivity contribution in [2.24, 2.45) is 0 Å². The first-order valence-electron chi connectivity index (χ1n) is 7.76. The van der Waals surface area contributed by atoms with Gasteiger partial charge in [0.05, 0.1) is 10.3 Å². The topological polar surface area (TPSA) is 46.9 Å². The molecule has 4 nitrogen and oxygen atoms in total. The van der Waals surface area contributed by atoms with Crippen molar-refractivity contribution in [3.05, 3.63) is 47.3 Å². The standard InChI is InChI=1S/C17H21N3OS2/c1-12-9-13(2)20(19-12)11-16(21)18-15-6-3-5-14(10-15)17-22-7-4-8-23-17/h3,5-6,9-10,17H,4,7-8,11H2,1-2H3,(H,18,21). The highest BCUT2D eigenvalue weighted by Crippen LogP contribution is 2.43. The molecule has 1 amide bonds. The molecule has 0 spiro atoms. The lowest BCUT2D eigenvalue weighted by Crippen LogP contribution is -2.20. The molecule has 23 heavy (non-hydrogen) atoms. The SMILES string of the molecule is Cc1cc(C)n(CC(=O)Nc2cccc(C3SCCCS3)c2)n1. The van der Waals surface area contributed by atoms with Crippen LogP contribution in [-0.2, 0) is 11.3 Å². The van der Waals surface area contributed by atoms with E-state index < -0.39 is 0 Å². The van der Waals surface area contributed by atoms with Crippen molar-refractivity contribution in [3.8, 4) is 0 Å². The summed E-state index contributed by atoms with van der Waals surface area (Å²) in [6.07, 6.45) is 1.28. The van der Waals surface area contributed by atoms with Gasteiger partial charge < -0.3 is 5.32 Å². The minimum atomic E-state index is -0.0442. The lowest BCUT2D eigenvalue weighted by Gasteiger charge is -2.21. The van der Waals surface area contributed by atoms with E-state index in [0.29, 0.717) is 4.58 Å². The predicted molar refractivity (Wildman–Crippen MR) is 99.0 cm³/mol. The number of carbonyl (C=O) groups excluding carboxylic acids is 1. The zero-order valence-corrected chi connectivity index (χ0v) is 15.0. The normalized spacial score (nSPS) is 15.6. The molecule has 2 heterocycles. The first kappa shape index (κ1) is 16.5. The van der Waals surface area contributed by atoms with Crippen LogP contribution in [0.2, 0.25) is 0 Å². The summed E-state index contributed by atoms with van der Waals surface area (Å²) in [7, 11) is 0. The molecule has 3 rings (SSSR count). The van der Waals surface area contributed by atoms with Gasteiger partial charge in [-0.2, -0.15) is 5.10 Å². The maximum atomic E-state index is 12.2. The zero-order valence-electron chi connectivity index (χ0n) is 13.4. The summed E-state index contributed by atoms with van der Waals surface area (Å²) in [5.74, 6) is 2.38. The molecule has 0 saturated carbocycles. The third-order valence-electron chi connectivity index (χ3n) is 3.67. The molecule has 0 bridgehead atoms. The van der Waals surface area contributed by atoms with Crippen LogP contribution in [0.25, 0.3) is 0 Å². The molecule has 1 aromatic heterocycles. The third-order valence-corrected chi connectivity index (χ3v) is 6.68. The van der Waals surface area contributed by atoms with Crippen LogP contribution >= 0.6 is 23.5 Å². The highest BCUT2D eigenvalue weighted by molar-refractivity contribution is 8.16. The van der Waals surface area contributed by atoms with E-state index in [-0.39, 0.29) is 12.5 Å². The van der Waals surface area contributed by atoms with Gasteiger partial charge in [-0.1, -0.05) is 12.1 Å². The molecular weight excluding hydrogens is 326 g/mol. The highest BCUT2D eigenvalue weighted by Gasteiger charge is 2.17. The second-order valence-electron chi connectivity index (χ2n) is 5.69. The van der Waals surface area contributed by atoms with E-state index in [0.717, 1.165) is 17.1 Å². The number of nitrogens with one attached hydrogen (secondary N) is 1. The Morgan fingerprint density at radius 3 is 2.78 bits per heavy atom. The third kappa shape index (κ3) is 4.32. The number of aromatic nitrogens is 2. The van der Waals surface area contributed by atoms with Gasteiger partial charge in [-0.05, 0) is 55.5 Å². The largest absolute Gasteiger partial charge is 0.324 e. The summed E-state index contributed by atoms with van der Waals surface area (Å²) in [5.41, 5.74) is 4.08. The second-order valence-corrected chi connectivity index (χ2v) is 8.41. The maximum Gasteiger partial charge on any atom is 0.246 e. The van der Waals surface area contributed by atoms with Crippen LogP contribution < -0.4 is 5.32 Å². The molecule has 1 aromatic carbocycles. The van der Waals surface area contributed by atoms with Crippen molar-refractivity contribution < 1.29 is 4.79 Å². The van der Waals surface area contributed by atoms with Gasteiger partial charge in [0.15, 0.2) is 0 Å². The van der Waals surface area contributed by atoms with E-state index in [9.17, 15) is 4.79 Å². The van der Waals surface area contributed by atoms with Crippen molar-refractivity contribution in [3.63, 3.8) is 0 Å². The van der Waals surface area contributed by atoms with Crippen LogP contribution in [0.4, 0.5) is 5.69 Å². The maximum absolute atomic E-state index is 12.2. The smallest absolute Gasteiger partial charge is 0.246 e.